The fourth-order valence-corrected chi connectivity index (χ4v) is 2.91. The van der Waals surface area contributed by atoms with Gasteiger partial charge in [-0.1, -0.05) is 6.92 Å². The van der Waals surface area contributed by atoms with E-state index in [1.54, 1.807) is 13.1 Å². The molecular weight excluding hydrogens is 254 g/mol. The van der Waals surface area contributed by atoms with Crippen LogP contribution in [0.2, 0.25) is 0 Å². The molecule has 0 bridgehead atoms. The highest BCUT2D eigenvalue weighted by Gasteiger charge is 2.24. The lowest BCUT2D eigenvalue weighted by molar-refractivity contribution is 0.174. The van der Waals surface area contributed by atoms with E-state index in [9.17, 15) is 10.2 Å². The van der Waals surface area contributed by atoms with Crippen molar-refractivity contribution in [2.24, 2.45) is 5.92 Å². The Kier molecular flexibility index (Phi) is 4.96. The van der Waals surface area contributed by atoms with Crippen molar-refractivity contribution >= 4 is 0 Å². The van der Waals surface area contributed by atoms with Gasteiger partial charge in [-0.2, -0.15) is 0 Å². The van der Waals surface area contributed by atoms with Gasteiger partial charge in [0.1, 0.15) is 5.75 Å². The first-order chi connectivity index (χ1) is 9.52. The molecule has 5 nitrogen and oxygen atoms in total. The third-order valence-electron chi connectivity index (χ3n) is 4.25. The second-order valence-corrected chi connectivity index (χ2v) is 5.87. The Labute approximate surface area is 120 Å². The summed E-state index contributed by atoms with van der Waals surface area (Å²) in [5, 5.41) is 23.0. The molecule has 2 atom stereocenters. The van der Waals surface area contributed by atoms with Crippen LogP contribution in [-0.4, -0.2) is 46.3 Å². The Morgan fingerprint density at radius 2 is 2.25 bits per heavy atom. The zero-order chi connectivity index (χ0) is 14.7. The Morgan fingerprint density at radius 1 is 1.50 bits per heavy atom. The van der Waals surface area contributed by atoms with Crippen LogP contribution in [0.15, 0.2) is 6.20 Å². The number of nitrogens with zero attached hydrogens (tertiary/aromatic N) is 2. The standard InChI is InChI=1S/C15H25N3O2/c1-10-8-18(3)5-4-14(10)17-7-13-12(9-19)6-16-11(2)15(13)20/h6,10,14,17,19-20H,4-5,7-9H2,1-3H3. The Morgan fingerprint density at radius 3 is 2.90 bits per heavy atom. The van der Waals surface area contributed by atoms with E-state index in [2.05, 4.69) is 29.2 Å². The van der Waals surface area contributed by atoms with Gasteiger partial charge in [0.2, 0.25) is 0 Å². The van der Waals surface area contributed by atoms with E-state index in [0.717, 1.165) is 25.1 Å². The molecule has 20 heavy (non-hydrogen) atoms. The van der Waals surface area contributed by atoms with Crippen molar-refractivity contribution in [2.45, 2.75) is 39.5 Å². The molecule has 1 aromatic heterocycles. The summed E-state index contributed by atoms with van der Waals surface area (Å²) in [6.07, 6.45) is 2.75. The van der Waals surface area contributed by atoms with Crippen molar-refractivity contribution in [2.75, 3.05) is 20.1 Å². The predicted molar refractivity (Wildman–Crippen MR) is 78.5 cm³/mol. The molecule has 1 aromatic rings. The number of hydrogen-bond donors (Lipinski definition) is 3. The number of nitrogens with one attached hydrogen (secondary N) is 1. The predicted octanol–water partition coefficient (Wildman–Crippen LogP) is 1.02. The first-order valence-corrected chi connectivity index (χ1v) is 7.22. The minimum atomic E-state index is -0.0964. The smallest absolute Gasteiger partial charge is 0.141 e. The van der Waals surface area contributed by atoms with Crippen molar-refractivity contribution in [3.8, 4) is 5.75 Å². The Balaban J connectivity index is 2.05. The van der Waals surface area contributed by atoms with E-state index >= 15 is 0 Å². The molecule has 1 aliphatic rings. The maximum absolute atomic E-state index is 10.1. The monoisotopic (exact) mass is 279 g/mol. The first kappa shape index (κ1) is 15.2. The normalized spacial score (nSPS) is 24.0. The molecule has 0 aliphatic carbocycles. The van der Waals surface area contributed by atoms with Gasteiger partial charge in [0.15, 0.2) is 0 Å². The second-order valence-electron chi connectivity index (χ2n) is 5.87. The topological polar surface area (TPSA) is 68.6 Å². The van der Waals surface area contributed by atoms with Crippen molar-refractivity contribution < 1.29 is 10.2 Å². The van der Waals surface area contributed by atoms with Crippen LogP contribution in [-0.2, 0) is 13.2 Å². The van der Waals surface area contributed by atoms with Crippen LogP contribution in [0, 0.1) is 12.8 Å². The number of aliphatic hydroxyl groups is 1. The van der Waals surface area contributed by atoms with Gasteiger partial charge < -0.3 is 20.4 Å². The molecular formula is C15H25N3O2. The minimum absolute atomic E-state index is 0.0964. The van der Waals surface area contributed by atoms with Crippen LogP contribution in [0.4, 0.5) is 0 Å². The number of hydrogen-bond acceptors (Lipinski definition) is 5. The fourth-order valence-electron chi connectivity index (χ4n) is 2.91. The van der Waals surface area contributed by atoms with Gasteiger partial charge in [-0.05, 0) is 32.9 Å². The van der Waals surface area contributed by atoms with E-state index in [0.29, 0.717) is 29.8 Å². The molecule has 2 rings (SSSR count). The number of rotatable bonds is 4. The maximum atomic E-state index is 10.1. The highest BCUT2D eigenvalue weighted by atomic mass is 16.3. The van der Waals surface area contributed by atoms with Crippen molar-refractivity contribution in [3.63, 3.8) is 0 Å². The first-order valence-electron chi connectivity index (χ1n) is 7.22. The molecule has 2 heterocycles. The quantitative estimate of drug-likeness (QED) is 0.768. The molecule has 0 radical (unpaired) electrons. The van der Waals surface area contributed by atoms with E-state index in [-0.39, 0.29) is 12.4 Å². The summed E-state index contributed by atoms with van der Waals surface area (Å²) in [6.45, 7) is 6.68. The molecule has 0 aromatic carbocycles. The number of likely N-dealkylation sites (tertiary alicyclic amines) is 1. The van der Waals surface area contributed by atoms with E-state index < -0.39 is 0 Å². The SMILES string of the molecule is Cc1ncc(CO)c(CNC2CCN(C)CC2C)c1O. The summed E-state index contributed by atoms with van der Waals surface area (Å²) in [6, 6.07) is 0.450. The molecule has 3 N–H and O–H groups in total. The lowest BCUT2D eigenvalue weighted by Crippen LogP contribution is -2.46. The van der Waals surface area contributed by atoms with Crippen LogP contribution in [0.5, 0.6) is 5.75 Å². The number of aromatic hydroxyl groups is 1. The van der Waals surface area contributed by atoms with Crippen LogP contribution >= 0.6 is 0 Å². The Bertz CT molecular complexity index is 465. The zero-order valence-corrected chi connectivity index (χ0v) is 12.6. The van der Waals surface area contributed by atoms with Crippen molar-refractivity contribution in [1.82, 2.24) is 15.2 Å². The molecule has 5 heteroatoms. The second kappa shape index (κ2) is 6.52. The molecule has 2 unspecified atom stereocenters. The number of pyridine rings is 1. The molecule has 112 valence electrons. The van der Waals surface area contributed by atoms with E-state index in [1.807, 2.05) is 0 Å². The largest absolute Gasteiger partial charge is 0.506 e. The zero-order valence-electron chi connectivity index (χ0n) is 12.6. The highest BCUT2D eigenvalue weighted by molar-refractivity contribution is 5.40. The highest BCUT2D eigenvalue weighted by Crippen LogP contribution is 2.24. The summed E-state index contributed by atoms with van der Waals surface area (Å²) in [4.78, 5) is 6.43. The number of piperidine rings is 1. The van der Waals surface area contributed by atoms with Gasteiger partial charge in [0, 0.05) is 36.5 Å². The third kappa shape index (κ3) is 3.29. The van der Waals surface area contributed by atoms with Gasteiger partial charge in [-0.15, -0.1) is 0 Å². The third-order valence-corrected chi connectivity index (χ3v) is 4.25. The van der Waals surface area contributed by atoms with Crippen molar-refractivity contribution in [1.29, 1.82) is 0 Å². The summed E-state index contributed by atoms with van der Waals surface area (Å²) < 4.78 is 0. The number of aliphatic hydroxyl groups excluding tert-OH is 1. The van der Waals surface area contributed by atoms with Crippen LogP contribution in [0.1, 0.15) is 30.2 Å². The summed E-state index contributed by atoms with van der Waals surface area (Å²) in [5.41, 5.74) is 2.07. The molecule has 0 amide bonds. The van der Waals surface area contributed by atoms with E-state index in [4.69, 9.17) is 0 Å². The van der Waals surface area contributed by atoms with E-state index in [1.165, 1.54) is 0 Å². The average Bonchev–Trinajstić information content (AvgIpc) is 2.42. The van der Waals surface area contributed by atoms with Crippen molar-refractivity contribution in [3.05, 3.63) is 23.0 Å². The molecule has 0 spiro atoms. The van der Waals surface area contributed by atoms with Crippen LogP contribution in [0.25, 0.3) is 0 Å². The fraction of sp³-hybridized carbons (Fsp3) is 0.667. The summed E-state index contributed by atoms with van der Waals surface area (Å²) >= 11 is 0. The van der Waals surface area contributed by atoms with Crippen LogP contribution in [0.3, 0.4) is 0 Å². The van der Waals surface area contributed by atoms with Crippen LogP contribution < -0.4 is 5.32 Å². The summed E-state index contributed by atoms with van der Waals surface area (Å²) in [5.74, 6) is 0.779. The van der Waals surface area contributed by atoms with Gasteiger partial charge in [0.05, 0.1) is 12.3 Å². The van der Waals surface area contributed by atoms with Gasteiger partial charge in [0.25, 0.3) is 0 Å². The van der Waals surface area contributed by atoms with Gasteiger partial charge >= 0.3 is 0 Å². The minimum Gasteiger partial charge on any atom is -0.506 e. The summed E-state index contributed by atoms with van der Waals surface area (Å²) in [7, 11) is 2.15. The Hall–Kier alpha value is -1.17. The lowest BCUT2D eigenvalue weighted by Gasteiger charge is -2.35. The average molecular weight is 279 g/mol. The number of aromatic nitrogens is 1. The number of aryl methyl sites for hydroxylation is 1. The molecule has 1 aliphatic heterocycles. The molecule has 1 fully saturated rings. The molecule has 0 saturated carbocycles. The maximum Gasteiger partial charge on any atom is 0.141 e. The lowest BCUT2D eigenvalue weighted by atomic mass is 9.94. The molecule has 1 saturated heterocycles. The van der Waals surface area contributed by atoms with Gasteiger partial charge in [-0.25, -0.2) is 0 Å². The van der Waals surface area contributed by atoms with Gasteiger partial charge in [-0.3, -0.25) is 4.98 Å².